The van der Waals surface area contributed by atoms with Gasteiger partial charge < -0.3 is 10.2 Å². The van der Waals surface area contributed by atoms with Crippen molar-refractivity contribution in [3.63, 3.8) is 0 Å². The molecule has 4 nitrogen and oxygen atoms in total. The smallest absolute Gasteiger partial charge is 0.224 e. The Morgan fingerprint density at radius 3 is 2.94 bits per heavy atom. The van der Waals surface area contributed by atoms with E-state index >= 15 is 0 Å². The first kappa shape index (κ1) is 14.6. The van der Waals surface area contributed by atoms with Crippen LogP contribution in [0.25, 0.3) is 0 Å². The van der Waals surface area contributed by atoms with E-state index in [0.29, 0.717) is 5.95 Å². The number of hydrogen-bond acceptors (Lipinski definition) is 5. The molecule has 0 bridgehead atoms. The lowest BCUT2D eigenvalue weighted by molar-refractivity contribution is 0.838. The van der Waals surface area contributed by atoms with E-state index < -0.39 is 0 Å². The van der Waals surface area contributed by atoms with E-state index in [-0.39, 0.29) is 0 Å². The highest BCUT2D eigenvalue weighted by Gasteiger charge is 2.09. The molecule has 1 heterocycles. The van der Waals surface area contributed by atoms with Crippen LogP contribution in [0.2, 0.25) is 0 Å². The van der Waals surface area contributed by atoms with Gasteiger partial charge in [-0.25, -0.2) is 4.98 Å². The van der Waals surface area contributed by atoms with Gasteiger partial charge in [0.2, 0.25) is 5.95 Å². The van der Waals surface area contributed by atoms with Crippen molar-refractivity contribution >= 4 is 39.5 Å². The Kier molecular flexibility index (Phi) is 6.65. The SMILES string of the molecule is CCNc1ncc(Br)c(N(C)CCCSC)n1. The Labute approximate surface area is 116 Å². The lowest BCUT2D eigenvalue weighted by atomic mass is 10.4. The second-order valence-corrected chi connectivity index (χ2v) is 5.50. The van der Waals surface area contributed by atoms with Crippen LogP contribution >= 0.6 is 27.7 Å². The first-order chi connectivity index (χ1) is 8.19. The van der Waals surface area contributed by atoms with Crippen LogP contribution in [-0.4, -0.2) is 42.1 Å². The first-order valence-electron chi connectivity index (χ1n) is 5.65. The lowest BCUT2D eigenvalue weighted by Crippen LogP contribution is -2.21. The van der Waals surface area contributed by atoms with Gasteiger partial charge >= 0.3 is 0 Å². The van der Waals surface area contributed by atoms with E-state index in [1.165, 1.54) is 5.75 Å². The molecule has 0 atom stereocenters. The van der Waals surface area contributed by atoms with Crippen molar-refractivity contribution in [2.45, 2.75) is 13.3 Å². The summed E-state index contributed by atoms with van der Waals surface area (Å²) in [4.78, 5) is 10.9. The zero-order chi connectivity index (χ0) is 12.7. The number of hydrogen-bond donors (Lipinski definition) is 1. The molecule has 0 aliphatic carbocycles. The summed E-state index contributed by atoms with van der Waals surface area (Å²) in [6.45, 7) is 3.87. The molecule has 1 aromatic rings. The van der Waals surface area contributed by atoms with Gasteiger partial charge in [-0.05, 0) is 41.3 Å². The number of nitrogens with one attached hydrogen (secondary N) is 1. The average Bonchev–Trinajstić information content (AvgIpc) is 2.32. The normalized spacial score (nSPS) is 10.4. The molecule has 96 valence electrons. The fourth-order valence-corrected chi connectivity index (χ4v) is 2.33. The standard InChI is InChI=1S/C11H19BrN4S/c1-4-13-11-14-8-9(12)10(15-11)16(2)6-5-7-17-3/h8H,4-7H2,1-3H3,(H,13,14,15). The van der Waals surface area contributed by atoms with Crippen LogP contribution < -0.4 is 10.2 Å². The summed E-state index contributed by atoms with van der Waals surface area (Å²) >= 11 is 5.36. The van der Waals surface area contributed by atoms with Crippen LogP contribution in [0.15, 0.2) is 10.7 Å². The summed E-state index contributed by atoms with van der Waals surface area (Å²) in [7, 11) is 2.06. The summed E-state index contributed by atoms with van der Waals surface area (Å²) in [5, 5.41) is 3.12. The van der Waals surface area contributed by atoms with Crippen molar-refractivity contribution in [1.82, 2.24) is 9.97 Å². The highest BCUT2D eigenvalue weighted by atomic mass is 79.9. The molecule has 0 fully saturated rings. The number of thioether (sulfide) groups is 1. The van der Waals surface area contributed by atoms with Crippen molar-refractivity contribution in [3.05, 3.63) is 10.7 Å². The van der Waals surface area contributed by atoms with Gasteiger partial charge in [-0.2, -0.15) is 16.7 Å². The van der Waals surface area contributed by atoms with Crippen LogP contribution in [0.3, 0.4) is 0 Å². The molecule has 0 spiro atoms. The molecular formula is C11H19BrN4S. The fraction of sp³-hybridized carbons (Fsp3) is 0.636. The summed E-state index contributed by atoms with van der Waals surface area (Å²) < 4.78 is 0.936. The van der Waals surface area contributed by atoms with Gasteiger partial charge in [0.15, 0.2) is 0 Å². The van der Waals surface area contributed by atoms with Crippen molar-refractivity contribution in [2.24, 2.45) is 0 Å². The maximum absolute atomic E-state index is 4.49. The molecule has 0 radical (unpaired) electrons. The predicted octanol–water partition coefficient (Wildman–Crippen LogP) is 2.86. The van der Waals surface area contributed by atoms with Crippen LogP contribution in [0.5, 0.6) is 0 Å². The second kappa shape index (κ2) is 7.76. The van der Waals surface area contributed by atoms with E-state index in [0.717, 1.165) is 29.8 Å². The second-order valence-electron chi connectivity index (χ2n) is 3.66. The Balaban J connectivity index is 2.69. The van der Waals surface area contributed by atoms with E-state index in [2.05, 4.69) is 49.4 Å². The van der Waals surface area contributed by atoms with Gasteiger partial charge in [-0.1, -0.05) is 0 Å². The number of aromatic nitrogens is 2. The fourth-order valence-electron chi connectivity index (χ4n) is 1.42. The third-order valence-corrected chi connectivity index (χ3v) is 3.52. The lowest BCUT2D eigenvalue weighted by Gasteiger charge is -2.19. The third kappa shape index (κ3) is 4.71. The predicted molar refractivity (Wildman–Crippen MR) is 80.2 cm³/mol. The van der Waals surface area contributed by atoms with E-state index in [4.69, 9.17) is 0 Å². The highest BCUT2D eigenvalue weighted by molar-refractivity contribution is 9.10. The molecule has 0 saturated carbocycles. The molecular weight excluding hydrogens is 300 g/mol. The summed E-state index contributed by atoms with van der Waals surface area (Å²) in [5.41, 5.74) is 0. The highest BCUT2D eigenvalue weighted by Crippen LogP contribution is 2.23. The van der Waals surface area contributed by atoms with Crippen molar-refractivity contribution in [3.8, 4) is 0 Å². The number of rotatable bonds is 7. The Morgan fingerprint density at radius 1 is 1.53 bits per heavy atom. The summed E-state index contributed by atoms with van der Waals surface area (Å²) in [6, 6.07) is 0. The third-order valence-electron chi connectivity index (χ3n) is 2.26. The molecule has 1 N–H and O–H groups in total. The summed E-state index contributed by atoms with van der Waals surface area (Å²) in [5.74, 6) is 2.80. The molecule has 0 aliphatic heterocycles. The van der Waals surface area contributed by atoms with Crippen molar-refractivity contribution < 1.29 is 0 Å². The maximum atomic E-state index is 4.49. The number of halogens is 1. The van der Waals surface area contributed by atoms with Crippen LogP contribution in [0.1, 0.15) is 13.3 Å². The van der Waals surface area contributed by atoms with Gasteiger partial charge in [0.1, 0.15) is 5.82 Å². The molecule has 1 aromatic heterocycles. The zero-order valence-corrected chi connectivity index (χ0v) is 12.9. The first-order valence-corrected chi connectivity index (χ1v) is 7.84. The van der Waals surface area contributed by atoms with Gasteiger partial charge in [-0.15, -0.1) is 0 Å². The molecule has 0 saturated heterocycles. The quantitative estimate of drug-likeness (QED) is 0.783. The van der Waals surface area contributed by atoms with Crippen LogP contribution in [0, 0.1) is 0 Å². The van der Waals surface area contributed by atoms with Crippen molar-refractivity contribution in [1.29, 1.82) is 0 Å². The number of nitrogens with zero attached hydrogens (tertiary/aromatic N) is 3. The largest absolute Gasteiger partial charge is 0.359 e. The molecule has 0 unspecified atom stereocenters. The maximum Gasteiger partial charge on any atom is 0.224 e. The molecule has 17 heavy (non-hydrogen) atoms. The van der Waals surface area contributed by atoms with Gasteiger partial charge in [0.25, 0.3) is 0 Å². The molecule has 1 rings (SSSR count). The van der Waals surface area contributed by atoms with Gasteiger partial charge in [0, 0.05) is 26.3 Å². The van der Waals surface area contributed by atoms with Crippen LogP contribution in [0.4, 0.5) is 11.8 Å². The summed E-state index contributed by atoms with van der Waals surface area (Å²) in [6.07, 6.45) is 5.08. The van der Waals surface area contributed by atoms with Crippen molar-refractivity contribution in [2.75, 3.05) is 42.4 Å². The average molecular weight is 319 g/mol. The van der Waals surface area contributed by atoms with E-state index in [1.54, 1.807) is 6.20 Å². The van der Waals surface area contributed by atoms with Gasteiger partial charge in [-0.3, -0.25) is 0 Å². The minimum atomic E-state index is 0.683. The zero-order valence-electron chi connectivity index (χ0n) is 10.5. The van der Waals surface area contributed by atoms with Crippen LogP contribution in [-0.2, 0) is 0 Å². The van der Waals surface area contributed by atoms with E-state index in [1.807, 2.05) is 18.7 Å². The van der Waals surface area contributed by atoms with E-state index in [9.17, 15) is 0 Å². The molecule has 0 amide bonds. The molecule has 6 heteroatoms. The Bertz CT molecular complexity index is 348. The number of anilines is 2. The Hall–Kier alpha value is -0.490. The minimum Gasteiger partial charge on any atom is -0.359 e. The van der Waals surface area contributed by atoms with Gasteiger partial charge in [0.05, 0.1) is 4.47 Å². The monoisotopic (exact) mass is 318 g/mol. The molecule has 0 aromatic carbocycles. The topological polar surface area (TPSA) is 41.1 Å². The molecule has 0 aliphatic rings. The minimum absolute atomic E-state index is 0.683. The Morgan fingerprint density at radius 2 is 2.29 bits per heavy atom.